The zero-order valence-electron chi connectivity index (χ0n) is 7.42. The maximum absolute atomic E-state index is 11.1. The van der Waals surface area contributed by atoms with Crippen molar-refractivity contribution in [1.29, 1.82) is 0 Å². The van der Waals surface area contributed by atoms with Gasteiger partial charge in [0.1, 0.15) is 5.60 Å². The Labute approximate surface area is 81.1 Å². The highest BCUT2D eigenvalue weighted by Crippen LogP contribution is 2.42. The molecule has 1 heterocycles. The molecule has 0 N–H and O–H groups in total. The van der Waals surface area contributed by atoms with Crippen LogP contribution in [0.5, 0.6) is 0 Å². The Morgan fingerprint density at radius 3 is 2.42 bits per heavy atom. The van der Waals surface area contributed by atoms with Crippen LogP contribution in [0.4, 0.5) is 0 Å². The molecule has 1 rings (SSSR count). The number of carbonyl (C=O) groups excluding carboxylic acids is 1. The third-order valence-electron chi connectivity index (χ3n) is 1.04. The van der Waals surface area contributed by atoms with E-state index in [2.05, 4.69) is 0 Å². The predicted molar refractivity (Wildman–Crippen MR) is 54.0 cm³/mol. The standard InChI is InChI=1S/C8H12O2S2/c1-8(2,3)10-6(9)4-7-11-5-12-7/h4H,5H2,1-3H3. The summed E-state index contributed by atoms with van der Waals surface area (Å²) in [6.45, 7) is 5.60. The van der Waals surface area contributed by atoms with Crippen LogP contribution in [-0.4, -0.2) is 16.7 Å². The van der Waals surface area contributed by atoms with Crippen LogP contribution in [0.2, 0.25) is 0 Å². The van der Waals surface area contributed by atoms with Crippen molar-refractivity contribution in [3.05, 3.63) is 10.3 Å². The molecule has 4 heteroatoms. The molecule has 12 heavy (non-hydrogen) atoms. The van der Waals surface area contributed by atoms with Gasteiger partial charge in [-0.1, -0.05) is 0 Å². The van der Waals surface area contributed by atoms with E-state index in [-0.39, 0.29) is 11.6 Å². The monoisotopic (exact) mass is 204 g/mol. The molecule has 0 atom stereocenters. The van der Waals surface area contributed by atoms with Crippen LogP contribution in [0.15, 0.2) is 10.3 Å². The third-order valence-corrected chi connectivity index (χ3v) is 3.50. The summed E-state index contributed by atoms with van der Waals surface area (Å²) in [7, 11) is 0. The van der Waals surface area contributed by atoms with Crippen LogP contribution >= 0.6 is 23.5 Å². The fourth-order valence-corrected chi connectivity index (χ4v) is 2.01. The molecule has 0 aliphatic carbocycles. The zero-order chi connectivity index (χ0) is 9.19. The normalized spacial score (nSPS) is 16.8. The maximum atomic E-state index is 11.1. The quantitative estimate of drug-likeness (QED) is 0.484. The van der Waals surface area contributed by atoms with Gasteiger partial charge in [0.2, 0.25) is 0 Å². The molecule has 0 unspecified atom stereocenters. The Morgan fingerprint density at radius 1 is 1.50 bits per heavy atom. The minimum Gasteiger partial charge on any atom is -0.457 e. The Balaban J connectivity index is 2.38. The smallest absolute Gasteiger partial charge is 0.332 e. The predicted octanol–water partition coefficient (Wildman–Crippen LogP) is 2.61. The van der Waals surface area contributed by atoms with E-state index in [1.54, 1.807) is 29.6 Å². The number of rotatable bonds is 1. The fraction of sp³-hybridized carbons (Fsp3) is 0.625. The van der Waals surface area contributed by atoms with Crippen molar-refractivity contribution in [2.75, 3.05) is 5.08 Å². The summed E-state index contributed by atoms with van der Waals surface area (Å²) in [4.78, 5) is 11.1. The summed E-state index contributed by atoms with van der Waals surface area (Å²) in [6, 6.07) is 0. The van der Waals surface area contributed by atoms with Gasteiger partial charge >= 0.3 is 5.97 Å². The molecule has 0 aromatic carbocycles. The minimum absolute atomic E-state index is 0.239. The molecular weight excluding hydrogens is 192 g/mol. The average Bonchev–Trinajstić information content (AvgIpc) is 1.74. The Bertz CT molecular complexity index is 210. The molecule has 0 saturated carbocycles. The number of thioether (sulfide) groups is 2. The topological polar surface area (TPSA) is 26.3 Å². The lowest BCUT2D eigenvalue weighted by Gasteiger charge is -2.19. The van der Waals surface area contributed by atoms with Crippen molar-refractivity contribution >= 4 is 29.5 Å². The van der Waals surface area contributed by atoms with Crippen LogP contribution < -0.4 is 0 Å². The molecule has 0 bridgehead atoms. The molecule has 1 fully saturated rings. The summed E-state index contributed by atoms with van der Waals surface area (Å²) in [5, 5.41) is 1.05. The van der Waals surface area contributed by atoms with Gasteiger partial charge in [-0.05, 0) is 20.8 Å². The first-order valence-electron chi connectivity index (χ1n) is 3.68. The van der Waals surface area contributed by atoms with Crippen molar-refractivity contribution in [3.63, 3.8) is 0 Å². The SMILES string of the molecule is CC(C)(C)OC(=O)C=C1SCS1. The van der Waals surface area contributed by atoms with Crippen LogP contribution in [-0.2, 0) is 9.53 Å². The molecule has 0 spiro atoms. The number of hydrogen-bond donors (Lipinski definition) is 0. The lowest BCUT2D eigenvalue weighted by molar-refractivity contribution is -0.148. The maximum Gasteiger partial charge on any atom is 0.332 e. The van der Waals surface area contributed by atoms with Crippen molar-refractivity contribution < 1.29 is 9.53 Å². The van der Waals surface area contributed by atoms with Gasteiger partial charge in [-0.3, -0.25) is 0 Å². The Hall–Kier alpha value is -0.0900. The van der Waals surface area contributed by atoms with E-state index in [0.29, 0.717) is 0 Å². The van der Waals surface area contributed by atoms with Crippen LogP contribution in [0.3, 0.4) is 0 Å². The molecule has 1 saturated heterocycles. The molecule has 0 aromatic heterocycles. The summed E-state index contributed by atoms with van der Waals surface area (Å²) >= 11 is 3.37. The van der Waals surface area contributed by atoms with Gasteiger partial charge in [0.15, 0.2) is 0 Å². The highest BCUT2D eigenvalue weighted by Gasteiger charge is 2.17. The van der Waals surface area contributed by atoms with Crippen LogP contribution in [0, 0.1) is 0 Å². The fourth-order valence-electron chi connectivity index (χ4n) is 0.638. The molecule has 0 amide bonds. The summed E-state index contributed by atoms with van der Waals surface area (Å²) in [5.74, 6) is -0.239. The summed E-state index contributed by atoms with van der Waals surface area (Å²) < 4.78 is 6.16. The number of hydrogen-bond acceptors (Lipinski definition) is 4. The number of carbonyl (C=O) groups is 1. The van der Waals surface area contributed by atoms with E-state index < -0.39 is 0 Å². The van der Waals surface area contributed by atoms with E-state index in [0.717, 1.165) is 9.32 Å². The number of esters is 1. The molecule has 1 aliphatic rings. The van der Waals surface area contributed by atoms with Crippen molar-refractivity contribution in [2.45, 2.75) is 26.4 Å². The summed E-state index contributed by atoms with van der Waals surface area (Å²) in [5.41, 5.74) is -0.382. The average molecular weight is 204 g/mol. The lowest BCUT2D eigenvalue weighted by Crippen LogP contribution is -2.22. The van der Waals surface area contributed by atoms with Crippen molar-refractivity contribution in [2.24, 2.45) is 0 Å². The van der Waals surface area contributed by atoms with Gasteiger partial charge in [0, 0.05) is 15.4 Å². The molecule has 0 aromatic rings. The molecular formula is C8H12O2S2. The number of ether oxygens (including phenoxy) is 1. The first-order valence-corrected chi connectivity index (χ1v) is 5.65. The zero-order valence-corrected chi connectivity index (χ0v) is 9.05. The first-order chi connectivity index (χ1) is 5.47. The largest absolute Gasteiger partial charge is 0.457 e. The third kappa shape index (κ3) is 3.54. The second-order valence-electron chi connectivity index (χ2n) is 3.40. The van der Waals surface area contributed by atoms with E-state index in [1.807, 2.05) is 20.8 Å². The Morgan fingerprint density at radius 2 is 2.08 bits per heavy atom. The summed E-state index contributed by atoms with van der Waals surface area (Å²) in [6.07, 6.45) is 1.56. The molecule has 2 nitrogen and oxygen atoms in total. The van der Waals surface area contributed by atoms with Crippen LogP contribution in [0.1, 0.15) is 20.8 Å². The van der Waals surface area contributed by atoms with Crippen LogP contribution in [0.25, 0.3) is 0 Å². The molecule has 0 radical (unpaired) electrons. The first kappa shape index (κ1) is 9.99. The lowest BCUT2D eigenvalue weighted by atomic mass is 10.2. The van der Waals surface area contributed by atoms with E-state index >= 15 is 0 Å². The van der Waals surface area contributed by atoms with E-state index in [1.165, 1.54) is 0 Å². The van der Waals surface area contributed by atoms with Gasteiger partial charge < -0.3 is 4.74 Å². The van der Waals surface area contributed by atoms with Gasteiger partial charge in [-0.15, -0.1) is 23.5 Å². The molecule has 1 aliphatic heterocycles. The Kier molecular flexibility index (Phi) is 3.12. The second kappa shape index (κ2) is 3.75. The van der Waals surface area contributed by atoms with E-state index in [4.69, 9.17) is 4.74 Å². The highest BCUT2D eigenvalue weighted by atomic mass is 32.3. The van der Waals surface area contributed by atoms with Gasteiger partial charge in [0.05, 0.1) is 0 Å². The van der Waals surface area contributed by atoms with Gasteiger partial charge in [0.25, 0.3) is 0 Å². The van der Waals surface area contributed by atoms with Gasteiger partial charge in [-0.2, -0.15) is 0 Å². The highest BCUT2D eigenvalue weighted by molar-refractivity contribution is 8.37. The van der Waals surface area contributed by atoms with Crippen molar-refractivity contribution in [3.8, 4) is 0 Å². The van der Waals surface area contributed by atoms with Gasteiger partial charge in [-0.25, -0.2) is 4.79 Å². The minimum atomic E-state index is -0.382. The second-order valence-corrected chi connectivity index (χ2v) is 6.06. The van der Waals surface area contributed by atoms with E-state index in [9.17, 15) is 4.79 Å². The molecule has 68 valence electrons. The van der Waals surface area contributed by atoms with Crippen molar-refractivity contribution in [1.82, 2.24) is 0 Å².